The van der Waals surface area contributed by atoms with Gasteiger partial charge in [-0.15, -0.1) is 0 Å². The van der Waals surface area contributed by atoms with Gasteiger partial charge >= 0.3 is 0 Å². The van der Waals surface area contributed by atoms with E-state index in [1.807, 2.05) is 12.1 Å². The van der Waals surface area contributed by atoms with Gasteiger partial charge in [0.25, 0.3) is 0 Å². The van der Waals surface area contributed by atoms with Crippen LogP contribution < -0.4 is 10.6 Å². The molecule has 4 nitrogen and oxygen atoms in total. The zero-order valence-corrected chi connectivity index (χ0v) is 11.9. The van der Waals surface area contributed by atoms with Crippen LogP contribution in [0.4, 0.5) is 0 Å². The van der Waals surface area contributed by atoms with E-state index >= 15 is 0 Å². The van der Waals surface area contributed by atoms with E-state index in [9.17, 15) is 4.79 Å². The standard InChI is InChI=1S/C16H21N3O/c1-2-16(7-9-18-10-8-16)15(20)19-12-14-5-3-13(11-17)4-6-14/h3-6,18H,2,7-10,12H2,1H3,(H,19,20). The minimum absolute atomic E-state index is 0.158. The van der Waals surface area contributed by atoms with Crippen LogP contribution >= 0.6 is 0 Å². The highest BCUT2D eigenvalue weighted by Crippen LogP contribution is 2.32. The monoisotopic (exact) mass is 271 g/mol. The Morgan fingerprint density at radius 3 is 2.55 bits per heavy atom. The van der Waals surface area contributed by atoms with Crippen molar-refractivity contribution in [2.75, 3.05) is 13.1 Å². The molecule has 0 atom stereocenters. The molecule has 0 aromatic heterocycles. The zero-order chi connectivity index (χ0) is 14.4. The topological polar surface area (TPSA) is 64.9 Å². The SMILES string of the molecule is CCC1(C(=O)NCc2ccc(C#N)cc2)CCNCC1. The second kappa shape index (κ2) is 6.53. The first-order valence-corrected chi connectivity index (χ1v) is 7.18. The first-order chi connectivity index (χ1) is 9.70. The predicted molar refractivity (Wildman–Crippen MR) is 77.8 cm³/mol. The number of carbonyl (C=O) groups is 1. The molecule has 20 heavy (non-hydrogen) atoms. The minimum atomic E-state index is -0.210. The third kappa shape index (κ3) is 3.17. The Hall–Kier alpha value is -1.86. The van der Waals surface area contributed by atoms with Gasteiger partial charge in [-0.3, -0.25) is 4.79 Å². The number of hydrogen-bond donors (Lipinski definition) is 2. The Bertz CT molecular complexity index is 495. The smallest absolute Gasteiger partial charge is 0.226 e. The summed E-state index contributed by atoms with van der Waals surface area (Å²) in [7, 11) is 0. The molecular weight excluding hydrogens is 250 g/mol. The Morgan fingerprint density at radius 2 is 2.00 bits per heavy atom. The fourth-order valence-electron chi connectivity index (χ4n) is 2.71. The van der Waals surface area contributed by atoms with E-state index in [1.54, 1.807) is 12.1 Å². The van der Waals surface area contributed by atoms with Gasteiger partial charge in [-0.25, -0.2) is 0 Å². The highest BCUT2D eigenvalue weighted by molar-refractivity contribution is 5.82. The lowest BCUT2D eigenvalue weighted by Crippen LogP contribution is -2.47. The molecule has 1 amide bonds. The summed E-state index contributed by atoms with van der Waals surface area (Å²) in [5, 5.41) is 15.1. The number of benzene rings is 1. The maximum atomic E-state index is 12.5. The average Bonchev–Trinajstić information content (AvgIpc) is 2.53. The molecule has 1 heterocycles. The van der Waals surface area contributed by atoms with E-state index in [1.165, 1.54) is 0 Å². The summed E-state index contributed by atoms with van der Waals surface area (Å²) in [6.45, 7) is 4.45. The van der Waals surface area contributed by atoms with Crippen LogP contribution in [0.1, 0.15) is 37.3 Å². The van der Waals surface area contributed by atoms with Gasteiger partial charge in [-0.2, -0.15) is 5.26 Å². The van der Waals surface area contributed by atoms with Crippen LogP contribution in [-0.4, -0.2) is 19.0 Å². The van der Waals surface area contributed by atoms with Gasteiger partial charge in [0.1, 0.15) is 0 Å². The summed E-state index contributed by atoms with van der Waals surface area (Å²) in [5.41, 5.74) is 1.46. The van der Waals surface area contributed by atoms with Gasteiger partial charge in [-0.1, -0.05) is 19.1 Å². The molecule has 0 bridgehead atoms. The summed E-state index contributed by atoms with van der Waals surface area (Å²) in [4.78, 5) is 12.5. The normalized spacial score (nSPS) is 17.2. The number of nitrogens with zero attached hydrogens (tertiary/aromatic N) is 1. The van der Waals surface area contributed by atoms with Crippen molar-refractivity contribution in [3.05, 3.63) is 35.4 Å². The lowest BCUT2D eigenvalue weighted by molar-refractivity contribution is -0.133. The van der Waals surface area contributed by atoms with Crippen molar-refractivity contribution in [1.82, 2.24) is 10.6 Å². The summed E-state index contributed by atoms with van der Waals surface area (Å²) in [6, 6.07) is 9.43. The quantitative estimate of drug-likeness (QED) is 0.879. The van der Waals surface area contributed by atoms with Crippen molar-refractivity contribution < 1.29 is 4.79 Å². The van der Waals surface area contributed by atoms with Crippen LogP contribution in [0.2, 0.25) is 0 Å². The van der Waals surface area contributed by atoms with Crippen LogP contribution in [0.15, 0.2) is 24.3 Å². The third-order valence-electron chi connectivity index (χ3n) is 4.26. The van der Waals surface area contributed by atoms with Crippen molar-refractivity contribution in [3.63, 3.8) is 0 Å². The first-order valence-electron chi connectivity index (χ1n) is 7.18. The zero-order valence-electron chi connectivity index (χ0n) is 11.9. The molecular formula is C16H21N3O. The van der Waals surface area contributed by atoms with E-state index in [4.69, 9.17) is 5.26 Å². The second-order valence-corrected chi connectivity index (χ2v) is 5.38. The third-order valence-corrected chi connectivity index (χ3v) is 4.26. The summed E-state index contributed by atoms with van der Waals surface area (Å²) >= 11 is 0. The second-order valence-electron chi connectivity index (χ2n) is 5.38. The molecule has 1 aliphatic heterocycles. The van der Waals surface area contributed by atoms with Crippen molar-refractivity contribution in [1.29, 1.82) is 5.26 Å². The molecule has 0 aliphatic carbocycles. The van der Waals surface area contributed by atoms with Crippen LogP contribution in [0.3, 0.4) is 0 Å². The van der Waals surface area contributed by atoms with Gasteiger partial charge in [0.15, 0.2) is 0 Å². The summed E-state index contributed by atoms with van der Waals surface area (Å²) in [6.07, 6.45) is 2.69. The van der Waals surface area contributed by atoms with Gasteiger partial charge in [0.05, 0.1) is 17.0 Å². The average molecular weight is 271 g/mol. The number of amides is 1. The Balaban J connectivity index is 1.95. The number of carbonyl (C=O) groups excluding carboxylic acids is 1. The van der Waals surface area contributed by atoms with Gasteiger partial charge in [0, 0.05) is 6.54 Å². The largest absolute Gasteiger partial charge is 0.352 e. The number of nitriles is 1. The number of hydrogen-bond acceptors (Lipinski definition) is 3. The van der Waals surface area contributed by atoms with Crippen LogP contribution in [0.25, 0.3) is 0 Å². The van der Waals surface area contributed by atoms with Gasteiger partial charge < -0.3 is 10.6 Å². The van der Waals surface area contributed by atoms with Crippen molar-refractivity contribution in [2.45, 2.75) is 32.7 Å². The molecule has 0 unspecified atom stereocenters. The molecule has 2 rings (SSSR count). The fraction of sp³-hybridized carbons (Fsp3) is 0.500. The molecule has 4 heteroatoms. The number of nitrogens with one attached hydrogen (secondary N) is 2. The lowest BCUT2D eigenvalue weighted by Gasteiger charge is -2.35. The maximum absolute atomic E-state index is 12.5. The Morgan fingerprint density at radius 1 is 1.35 bits per heavy atom. The molecule has 1 aromatic carbocycles. The molecule has 1 aromatic rings. The molecule has 2 N–H and O–H groups in total. The van der Waals surface area contributed by atoms with Gasteiger partial charge in [-0.05, 0) is 50.0 Å². The minimum Gasteiger partial charge on any atom is -0.352 e. The van der Waals surface area contributed by atoms with Crippen molar-refractivity contribution in [2.24, 2.45) is 5.41 Å². The summed E-state index contributed by atoms with van der Waals surface area (Å²) in [5.74, 6) is 0.158. The Kier molecular flexibility index (Phi) is 4.75. The van der Waals surface area contributed by atoms with E-state index in [0.29, 0.717) is 12.1 Å². The van der Waals surface area contributed by atoms with Gasteiger partial charge in [0.2, 0.25) is 5.91 Å². The van der Waals surface area contributed by atoms with Crippen LogP contribution in [0.5, 0.6) is 0 Å². The molecule has 0 spiro atoms. The highest BCUT2D eigenvalue weighted by Gasteiger charge is 2.37. The molecule has 0 radical (unpaired) electrons. The highest BCUT2D eigenvalue weighted by atomic mass is 16.2. The molecule has 0 saturated carbocycles. The van der Waals surface area contributed by atoms with E-state index in [0.717, 1.165) is 37.9 Å². The Labute approximate surface area is 120 Å². The predicted octanol–water partition coefficient (Wildman–Crippen LogP) is 1.95. The van der Waals surface area contributed by atoms with Crippen LogP contribution in [-0.2, 0) is 11.3 Å². The number of rotatable bonds is 4. The van der Waals surface area contributed by atoms with E-state index < -0.39 is 0 Å². The summed E-state index contributed by atoms with van der Waals surface area (Å²) < 4.78 is 0. The molecule has 106 valence electrons. The van der Waals surface area contributed by atoms with Crippen molar-refractivity contribution >= 4 is 5.91 Å². The van der Waals surface area contributed by atoms with Crippen LogP contribution in [0, 0.1) is 16.7 Å². The number of piperidine rings is 1. The fourth-order valence-corrected chi connectivity index (χ4v) is 2.71. The van der Waals surface area contributed by atoms with E-state index in [-0.39, 0.29) is 11.3 Å². The lowest BCUT2D eigenvalue weighted by atomic mass is 9.76. The van der Waals surface area contributed by atoms with Crippen molar-refractivity contribution in [3.8, 4) is 6.07 Å². The molecule has 1 aliphatic rings. The van der Waals surface area contributed by atoms with E-state index in [2.05, 4.69) is 23.6 Å². The maximum Gasteiger partial charge on any atom is 0.226 e. The molecule has 1 fully saturated rings. The molecule has 1 saturated heterocycles. The first kappa shape index (κ1) is 14.5.